The quantitative estimate of drug-likeness (QED) is 0.604. The third-order valence-electron chi connectivity index (χ3n) is 2.68. The van der Waals surface area contributed by atoms with Crippen molar-refractivity contribution in [3.8, 4) is 0 Å². The van der Waals surface area contributed by atoms with E-state index in [2.05, 4.69) is 10.6 Å². The first-order valence-corrected chi connectivity index (χ1v) is 7.19. The highest BCUT2D eigenvalue weighted by Crippen LogP contribution is 2.36. The van der Waals surface area contributed by atoms with Gasteiger partial charge in [0.2, 0.25) is 0 Å². The molecule has 0 spiro atoms. The Morgan fingerprint density at radius 1 is 1.30 bits per heavy atom. The fraction of sp³-hybridized carbons (Fsp3) is 0.429. The van der Waals surface area contributed by atoms with E-state index < -0.39 is 29.4 Å². The number of anilines is 1. The molecule has 2 N–H and O–H groups in total. The van der Waals surface area contributed by atoms with Gasteiger partial charge in [0.25, 0.3) is 0 Å². The van der Waals surface area contributed by atoms with Gasteiger partial charge in [0.1, 0.15) is 0 Å². The Balaban J connectivity index is 2.53. The van der Waals surface area contributed by atoms with Crippen LogP contribution >= 0.6 is 11.6 Å². The number of hydrogen-bond donors (Lipinski definition) is 2. The zero-order valence-corrected chi connectivity index (χ0v) is 13.1. The maximum absolute atomic E-state index is 12.9. The van der Waals surface area contributed by atoms with Gasteiger partial charge in [-0.15, -0.1) is 0 Å². The topological polar surface area (TPSA) is 67.4 Å². The van der Waals surface area contributed by atoms with Gasteiger partial charge in [0, 0.05) is 18.0 Å². The Kier molecular flexibility index (Phi) is 7.15. The summed E-state index contributed by atoms with van der Waals surface area (Å²) in [6.45, 7) is 2.07. The number of nitrogens with one attached hydrogen (secondary N) is 2. The molecule has 0 heterocycles. The highest BCUT2D eigenvalue weighted by molar-refractivity contribution is 6.30. The van der Waals surface area contributed by atoms with Gasteiger partial charge < -0.3 is 15.4 Å². The molecule has 0 unspecified atom stereocenters. The molecule has 0 aliphatic heterocycles. The average Bonchev–Trinajstić information content (AvgIpc) is 2.45. The van der Waals surface area contributed by atoms with Gasteiger partial charge in [-0.2, -0.15) is 13.2 Å². The number of halogens is 4. The van der Waals surface area contributed by atoms with E-state index in [0.717, 1.165) is 12.1 Å². The largest absolute Gasteiger partial charge is 0.466 e. The van der Waals surface area contributed by atoms with Crippen LogP contribution < -0.4 is 10.6 Å². The van der Waals surface area contributed by atoms with Crippen LogP contribution in [0.1, 0.15) is 25.3 Å². The van der Waals surface area contributed by atoms with Crippen LogP contribution in [0.15, 0.2) is 18.2 Å². The van der Waals surface area contributed by atoms with Crippen molar-refractivity contribution in [1.29, 1.82) is 0 Å². The van der Waals surface area contributed by atoms with E-state index in [9.17, 15) is 22.8 Å². The standard InChI is InChI=1S/C14H16ClF3N2O3/c1-2-23-12(21)4-3-7-19-13(22)20-11-6-5-9(15)8-10(11)14(16,17)18/h5-6,8H,2-4,7H2,1H3,(H2,19,20,22). The summed E-state index contributed by atoms with van der Waals surface area (Å²) in [6, 6.07) is 2.25. The van der Waals surface area contributed by atoms with Gasteiger partial charge in [-0.1, -0.05) is 11.6 Å². The first-order chi connectivity index (χ1) is 10.7. The molecule has 0 bridgehead atoms. The number of esters is 1. The molecule has 0 aliphatic rings. The monoisotopic (exact) mass is 352 g/mol. The summed E-state index contributed by atoms with van der Waals surface area (Å²) >= 11 is 5.55. The predicted molar refractivity (Wildman–Crippen MR) is 79.3 cm³/mol. The summed E-state index contributed by atoms with van der Waals surface area (Å²) in [5, 5.41) is 4.39. The summed E-state index contributed by atoms with van der Waals surface area (Å²) in [5.41, 5.74) is -1.43. The minimum Gasteiger partial charge on any atom is -0.466 e. The van der Waals surface area contributed by atoms with E-state index in [1.165, 1.54) is 6.07 Å². The van der Waals surface area contributed by atoms with Gasteiger partial charge in [-0.05, 0) is 31.5 Å². The molecule has 9 heteroatoms. The molecule has 0 fully saturated rings. The Labute approximate surface area is 136 Å². The summed E-state index contributed by atoms with van der Waals surface area (Å²) in [4.78, 5) is 22.7. The number of benzene rings is 1. The van der Waals surface area contributed by atoms with E-state index in [4.69, 9.17) is 16.3 Å². The van der Waals surface area contributed by atoms with Crippen molar-refractivity contribution < 1.29 is 27.5 Å². The highest BCUT2D eigenvalue weighted by Gasteiger charge is 2.34. The molecule has 0 aromatic heterocycles. The predicted octanol–water partition coefficient (Wildman–Crippen LogP) is 3.82. The third kappa shape index (κ3) is 6.77. The second-order valence-electron chi connectivity index (χ2n) is 4.48. The summed E-state index contributed by atoms with van der Waals surface area (Å²) < 4.78 is 43.3. The van der Waals surface area contributed by atoms with Crippen LogP contribution in [0, 0.1) is 0 Å². The van der Waals surface area contributed by atoms with Crippen LogP contribution in [0.4, 0.5) is 23.7 Å². The van der Waals surface area contributed by atoms with Crippen molar-refractivity contribution in [3.63, 3.8) is 0 Å². The zero-order chi connectivity index (χ0) is 17.5. The maximum Gasteiger partial charge on any atom is 0.418 e. The van der Waals surface area contributed by atoms with Crippen molar-refractivity contribution in [3.05, 3.63) is 28.8 Å². The Morgan fingerprint density at radius 2 is 2.00 bits per heavy atom. The highest BCUT2D eigenvalue weighted by atomic mass is 35.5. The minimum atomic E-state index is -4.64. The molecule has 1 rings (SSSR count). The van der Waals surface area contributed by atoms with Crippen molar-refractivity contribution in [1.82, 2.24) is 5.32 Å². The van der Waals surface area contributed by atoms with Crippen LogP contribution in [0.2, 0.25) is 5.02 Å². The summed E-state index contributed by atoms with van der Waals surface area (Å²) in [6.07, 6.45) is -4.21. The first-order valence-electron chi connectivity index (χ1n) is 6.81. The van der Waals surface area contributed by atoms with Crippen LogP contribution in [0.25, 0.3) is 0 Å². The van der Waals surface area contributed by atoms with E-state index in [1.807, 2.05) is 0 Å². The summed E-state index contributed by atoms with van der Waals surface area (Å²) in [5.74, 6) is -0.397. The van der Waals surface area contributed by atoms with Crippen molar-refractivity contribution >= 4 is 29.3 Å². The number of rotatable bonds is 6. The second-order valence-corrected chi connectivity index (χ2v) is 4.91. The van der Waals surface area contributed by atoms with Gasteiger partial charge in [0.05, 0.1) is 17.9 Å². The molecule has 5 nitrogen and oxygen atoms in total. The molecule has 2 amide bonds. The lowest BCUT2D eigenvalue weighted by molar-refractivity contribution is -0.143. The molecule has 128 valence electrons. The number of amides is 2. The van der Waals surface area contributed by atoms with Crippen LogP contribution in [-0.4, -0.2) is 25.2 Å². The molecular weight excluding hydrogens is 337 g/mol. The van der Waals surface area contributed by atoms with Crippen LogP contribution in [0.5, 0.6) is 0 Å². The van der Waals surface area contributed by atoms with E-state index >= 15 is 0 Å². The Bertz CT molecular complexity index is 565. The Morgan fingerprint density at radius 3 is 2.61 bits per heavy atom. The molecular formula is C14H16ClF3N2O3. The molecule has 23 heavy (non-hydrogen) atoms. The SMILES string of the molecule is CCOC(=O)CCCNC(=O)Nc1ccc(Cl)cc1C(F)(F)F. The van der Waals surface area contributed by atoms with Crippen LogP contribution in [0.3, 0.4) is 0 Å². The molecule has 0 saturated heterocycles. The summed E-state index contributed by atoms with van der Waals surface area (Å²) in [7, 11) is 0. The smallest absolute Gasteiger partial charge is 0.418 e. The number of ether oxygens (including phenoxy) is 1. The number of hydrogen-bond acceptors (Lipinski definition) is 3. The lowest BCUT2D eigenvalue weighted by Crippen LogP contribution is -2.30. The lowest BCUT2D eigenvalue weighted by atomic mass is 10.1. The molecule has 1 aromatic rings. The normalized spacial score (nSPS) is 11.0. The first kappa shape index (κ1) is 19.1. The maximum atomic E-state index is 12.9. The van der Waals surface area contributed by atoms with E-state index in [0.29, 0.717) is 6.42 Å². The van der Waals surface area contributed by atoms with Crippen molar-refractivity contribution in [2.75, 3.05) is 18.5 Å². The fourth-order valence-electron chi connectivity index (χ4n) is 1.69. The van der Waals surface area contributed by atoms with E-state index in [-0.39, 0.29) is 24.6 Å². The zero-order valence-electron chi connectivity index (χ0n) is 12.3. The fourth-order valence-corrected chi connectivity index (χ4v) is 1.87. The molecule has 0 saturated carbocycles. The van der Waals surface area contributed by atoms with Crippen molar-refractivity contribution in [2.45, 2.75) is 25.9 Å². The van der Waals surface area contributed by atoms with E-state index in [1.54, 1.807) is 6.92 Å². The van der Waals surface area contributed by atoms with Crippen molar-refractivity contribution in [2.24, 2.45) is 0 Å². The lowest BCUT2D eigenvalue weighted by Gasteiger charge is -2.14. The van der Waals surface area contributed by atoms with Crippen LogP contribution in [-0.2, 0) is 15.7 Å². The molecule has 1 aromatic carbocycles. The number of alkyl halides is 3. The van der Waals surface area contributed by atoms with Gasteiger partial charge in [-0.3, -0.25) is 4.79 Å². The van der Waals surface area contributed by atoms with Gasteiger partial charge >= 0.3 is 18.2 Å². The molecule has 0 atom stereocenters. The molecule has 0 radical (unpaired) electrons. The number of urea groups is 1. The average molecular weight is 353 g/mol. The van der Waals surface area contributed by atoms with Gasteiger partial charge in [0.15, 0.2) is 0 Å². The minimum absolute atomic E-state index is 0.0854. The molecule has 0 aliphatic carbocycles. The second kappa shape index (κ2) is 8.61. The number of carbonyl (C=O) groups excluding carboxylic acids is 2. The number of carbonyl (C=O) groups is 2. The Hall–Kier alpha value is -1.96. The third-order valence-corrected chi connectivity index (χ3v) is 2.92. The van der Waals surface area contributed by atoms with Gasteiger partial charge in [-0.25, -0.2) is 4.79 Å².